The van der Waals surface area contributed by atoms with E-state index < -0.39 is 11.4 Å². The van der Waals surface area contributed by atoms with Gasteiger partial charge in [0, 0.05) is 44.3 Å². The van der Waals surface area contributed by atoms with E-state index in [9.17, 15) is 9.59 Å². The smallest absolute Gasteiger partial charge is 0.343 e. The van der Waals surface area contributed by atoms with Gasteiger partial charge in [-0.05, 0) is 30.7 Å². The van der Waals surface area contributed by atoms with Gasteiger partial charge in [-0.25, -0.2) is 14.2 Å². The monoisotopic (exact) mass is 460 g/mol. The number of benzene rings is 2. The van der Waals surface area contributed by atoms with Gasteiger partial charge in [0.15, 0.2) is 0 Å². The summed E-state index contributed by atoms with van der Waals surface area (Å²) in [7, 11) is 1.72. The predicted octanol–water partition coefficient (Wildman–Crippen LogP) is 3.55. The van der Waals surface area contributed by atoms with Crippen LogP contribution in [0.1, 0.15) is 28.9 Å². The first-order chi connectivity index (χ1) is 16.5. The molecular formula is C26H25FN4O3. The number of ether oxygens (including phenoxy) is 1. The second kappa shape index (κ2) is 8.87. The molecule has 34 heavy (non-hydrogen) atoms. The molecule has 5 rings (SSSR count). The zero-order valence-corrected chi connectivity index (χ0v) is 19.0. The van der Waals surface area contributed by atoms with Gasteiger partial charge < -0.3 is 19.5 Å². The first-order valence-electron chi connectivity index (χ1n) is 11.3. The number of hydrogen-bond acceptors (Lipinski definition) is 6. The standard InChI is InChI=1S/C26H25FN4O3/c1-3-34-26(33)19-14-30(2)25-18(24(19)32)11-17-12-20(27)23(13-21(17)29-25)31-10-9-28-22(15-31)16-7-5-4-6-8-16/h4-8,11-14,22,28H,3,9-10,15H2,1-2H3. The van der Waals surface area contributed by atoms with Crippen molar-refractivity contribution in [1.82, 2.24) is 14.9 Å². The summed E-state index contributed by atoms with van der Waals surface area (Å²) in [6.07, 6.45) is 1.44. The molecule has 1 aliphatic heterocycles. The van der Waals surface area contributed by atoms with Crippen LogP contribution in [0.5, 0.6) is 0 Å². The molecule has 0 radical (unpaired) electrons. The Morgan fingerprint density at radius 2 is 2.03 bits per heavy atom. The highest BCUT2D eigenvalue weighted by Gasteiger charge is 2.24. The number of hydrogen-bond donors (Lipinski definition) is 1. The Balaban J connectivity index is 1.57. The topological polar surface area (TPSA) is 76.5 Å². The van der Waals surface area contributed by atoms with Crippen LogP contribution in [0.25, 0.3) is 21.9 Å². The summed E-state index contributed by atoms with van der Waals surface area (Å²) in [6, 6.07) is 14.9. The summed E-state index contributed by atoms with van der Waals surface area (Å²) in [5.41, 5.74) is 2.10. The van der Waals surface area contributed by atoms with Crippen molar-refractivity contribution in [3.05, 3.63) is 81.9 Å². The minimum absolute atomic E-state index is 0.0668. The summed E-state index contributed by atoms with van der Waals surface area (Å²) < 4.78 is 21.9. The van der Waals surface area contributed by atoms with Crippen molar-refractivity contribution >= 4 is 33.6 Å². The van der Waals surface area contributed by atoms with Crippen LogP contribution in [-0.4, -0.2) is 41.8 Å². The number of halogens is 1. The molecule has 1 fully saturated rings. The number of aromatic nitrogens is 2. The van der Waals surface area contributed by atoms with Crippen molar-refractivity contribution in [2.45, 2.75) is 13.0 Å². The Kier molecular flexibility index (Phi) is 5.75. The largest absolute Gasteiger partial charge is 0.462 e. The lowest BCUT2D eigenvalue weighted by Gasteiger charge is -2.35. The number of carbonyl (C=O) groups is 1. The third-order valence-electron chi connectivity index (χ3n) is 6.22. The first kappa shape index (κ1) is 22.0. The Bertz CT molecular complexity index is 1450. The molecule has 2 aromatic heterocycles. The van der Waals surface area contributed by atoms with Crippen LogP contribution < -0.4 is 15.6 Å². The normalized spacial score (nSPS) is 16.2. The first-order valence-corrected chi connectivity index (χ1v) is 11.3. The molecule has 7 nitrogen and oxygen atoms in total. The van der Waals surface area contributed by atoms with Crippen LogP contribution in [0.15, 0.2) is 59.5 Å². The van der Waals surface area contributed by atoms with Gasteiger partial charge in [-0.2, -0.15) is 0 Å². The van der Waals surface area contributed by atoms with Crippen LogP contribution in [0.3, 0.4) is 0 Å². The highest BCUT2D eigenvalue weighted by molar-refractivity contribution is 5.97. The van der Waals surface area contributed by atoms with Gasteiger partial charge >= 0.3 is 5.97 Å². The van der Waals surface area contributed by atoms with Crippen LogP contribution in [0.2, 0.25) is 0 Å². The maximum Gasteiger partial charge on any atom is 0.343 e. The summed E-state index contributed by atoms with van der Waals surface area (Å²) >= 11 is 0. The maximum atomic E-state index is 15.3. The van der Waals surface area contributed by atoms with Gasteiger partial charge in [-0.1, -0.05) is 30.3 Å². The summed E-state index contributed by atoms with van der Waals surface area (Å²) in [5, 5.41) is 4.25. The van der Waals surface area contributed by atoms with Crippen molar-refractivity contribution in [3.63, 3.8) is 0 Å². The molecule has 0 saturated carbocycles. The number of aryl methyl sites for hydroxylation is 1. The molecule has 0 spiro atoms. The predicted molar refractivity (Wildman–Crippen MR) is 130 cm³/mol. The molecule has 1 atom stereocenters. The Labute approximate surface area is 195 Å². The average molecular weight is 461 g/mol. The van der Waals surface area contributed by atoms with Gasteiger partial charge in [0.2, 0.25) is 5.43 Å². The van der Waals surface area contributed by atoms with Gasteiger partial charge in [-0.15, -0.1) is 0 Å². The average Bonchev–Trinajstić information content (AvgIpc) is 2.85. The number of esters is 1. The third kappa shape index (κ3) is 3.90. The van der Waals surface area contributed by atoms with Gasteiger partial charge in [0.05, 0.1) is 23.2 Å². The van der Waals surface area contributed by atoms with E-state index in [2.05, 4.69) is 22.4 Å². The number of piperazine rings is 1. The van der Waals surface area contributed by atoms with Crippen molar-refractivity contribution in [3.8, 4) is 0 Å². The van der Waals surface area contributed by atoms with E-state index in [-0.39, 0.29) is 29.4 Å². The molecule has 1 N–H and O–H groups in total. The van der Waals surface area contributed by atoms with Crippen molar-refractivity contribution < 1.29 is 13.9 Å². The van der Waals surface area contributed by atoms with Crippen molar-refractivity contribution in [2.24, 2.45) is 7.05 Å². The summed E-state index contributed by atoms with van der Waals surface area (Å²) in [5.74, 6) is -1.06. The SMILES string of the molecule is CCOC(=O)c1cn(C)c2nc3cc(N4CCNC(c5ccccc5)C4)c(F)cc3cc2c1=O. The van der Waals surface area contributed by atoms with E-state index in [0.717, 1.165) is 12.1 Å². The molecule has 8 heteroatoms. The number of carbonyl (C=O) groups excluding carboxylic acids is 1. The van der Waals surface area contributed by atoms with Gasteiger partial charge in [0.25, 0.3) is 0 Å². The fourth-order valence-electron chi connectivity index (χ4n) is 4.54. The lowest BCUT2D eigenvalue weighted by atomic mass is 10.0. The van der Waals surface area contributed by atoms with E-state index >= 15 is 4.39 Å². The van der Waals surface area contributed by atoms with E-state index in [0.29, 0.717) is 35.3 Å². The number of nitrogens with one attached hydrogen (secondary N) is 1. The number of anilines is 1. The molecule has 1 saturated heterocycles. The Hall–Kier alpha value is -3.78. The molecule has 1 aliphatic rings. The maximum absolute atomic E-state index is 15.3. The zero-order chi connectivity index (χ0) is 23.8. The molecule has 2 aromatic carbocycles. The molecule has 0 aliphatic carbocycles. The second-order valence-corrected chi connectivity index (χ2v) is 8.42. The zero-order valence-electron chi connectivity index (χ0n) is 19.0. The molecule has 4 aromatic rings. The number of pyridine rings is 2. The Morgan fingerprint density at radius 3 is 2.79 bits per heavy atom. The lowest BCUT2D eigenvalue weighted by Crippen LogP contribution is -2.46. The quantitative estimate of drug-likeness (QED) is 0.371. The number of nitrogens with zero attached hydrogens (tertiary/aromatic N) is 3. The van der Waals surface area contributed by atoms with Crippen LogP contribution in [-0.2, 0) is 11.8 Å². The van der Waals surface area contributed by atoms with Crippen molar-refractivity contribution in [1.29, 1.82) is 0 Å². The highest BCUT2D eigenvalue weighted by atomic mass is 19.1. The molecule has 3 heterocycles. The fourth-order valence-corrected chi connectivity index (χ4v) is 4.54. The number of rotatable bonds is 4. The highest BCUT2D eigenvalue weighted by Crippen LogP contribution is 2.29. The molecular weight excluding hydrogens is 435 g/mol. The van der Waals surface area contributed by atoms with Crippen LogP contribution in [0.4, 0.5) is 10.1 Å². The molecule has 0 amide bonds. The Morgan fingerprint density at radius 1 is 1.24 bits per heavy atom. The van der Waals surface area contributed by atoms with Crippen LogP contribution >= 0.6 is 0 Å². The minimum atomic E-state index is -0.682. The van der Waals surface area contributed by atoms with E-state index in [1.54, 1.807) is 30.7 Å². The van der Waals surface area contributed by atoms with Gasteiger partial charge in [0.1, 0.15) is 17.0 Å². The van der Waals surface area contributed by atoms with Gasteiger partial charge in [-0.3, -0.25) is 4.79 Å². The summed E-state index contributed by atoms with van der Waals surface area (Å²) in [6.45, 7) is 3.87. The fraction of sp³-hybridized carbons (Fsp3) is 0.269. The molecule has 174 valence electrons. The second-order valence-electron chi connectivity index (χ2n) is 8.42. The lowest BCUT2D eigenvalue weighted by molar-refractivity contribution is 0.0524. The van der Waals surface area contributed by atoms with E-state index in [1.807, 2.05) is 23.1 Å². The third-order valence-corrected chi connectivity index (χ3v) is 6.22. The van der Waals surface area contributed by atoms with Crippen molar-refractivity contribution in [2.75, 3.05) is 31.1 Å². The molecule has 1 unspecified atom stereocenters. The van der Waals surface area contributed by atoms with Crippen LogP contribution in [0, 0.1) is 5.82 Å². The summed E-state index contributed by atoms with van der Waals surface area (Å²) in [4.78, 5) is 31.8. The minimum Gasteiger partial charge on any atom is -0.462 e. The van der Waals surface area contributed by atoms with E-state index in [1.165, 1.54) is 12.3 Å². The number of fused-ring (bicyclic) bond motifs is 2. The molecule has 0 bridgehead atoms. The van der Waals surface area contributed by atoms with E-state index in [4.69, 9.17) is 4.74 Å².